The molecule has 43 heavy (non-hydrogen) atoms. The molecule has 0 atom stereocenters. The smallest absolute Gasteiger partial charge is 0.137 e. The molecule has 2 aromatic heterocycles. The third-order valence-electron chi connectivity index (χ3n) is 8.21. The maximum atomic E-state index is 6.27. The normalized spacial score (nSPS) is 11.7. The molecule has 0 amide bonds. The first-order valence-electron chi connectivity index (χ1n) is 14.3. The van der Waals surface area contributed by atoms with Crippen LogP contribution in [0.25, 0.3) is 60.2 Å². The number of anilines is 3. The van der Waals surface area contributed by atoms with Crippen LogP contribution in [0.4, 0.5) is 17.1 Å². The predicted molar refractivity (Wildman–Crippen MR) is 176 cm³/mol. The van der Waals surface area contributed by atoms with Crippen LogP contribution in [-0.4, -0.2) is 15.0 Å². The van der Waals surface area contributed by atoms with Gasteiger partial charge in [-0.2, -0.15) is 4.80 Å². The lowest BCUT2D eigenvalue weighted by atomic mass is 10.00. The van der Waals surface area contributed by atoms with Gasteiger partial charge in [0.15, 0.2) is 0 Å². The minimum Gasteiger partial charge on any atom is -0.456 e. The Bertz CT molecular complexity index is 2460. The summed E-state index contributed by atoms with van der Waals surface area (Å²) < 4.78 is 6.27. The minimum atomic E-state index is 0.871. The molecule has 0 saturated heterocycles. The standard InChI is InChI=1S/C38H24N4O/c1-3-9-27(10-4-1)41(30-19-21-33-32-13-7-8-14-35(32)43-36(33)24-30)29-18-20-31-26(23-29)16-15-25-17-22-34-38(37(25)31)40-42(39-34)28-11-5-2-6-12-28/h1-24H. The van der Waals surface area contributed by atoms with Crippen molar-refractivity contribution < 1.29 is 4.42 Å². The number of furan rings is 1. The monoisotopic (exact) mass is 552 g/mol. The summed E-state index contributed by atoms with van der Waals surface area (Å²) in [6.07, 6.45) is 0. The number of para-hydroxylation sites is 3. The Morgan fingerprint density at radius 2 is 1.16 bits per heavy atom. The molecule has 0 aliphatic heterocycles. The van der Waals surface area contributed by atoms with Gasteiger partial charge in [-0.3, -0.25) is 0 Å². The van der Waals surface area contributed by atoms with Gasteiger partial charge < -0.3 is 9.32 Å². The molecule has 0 radical (unpaired) electrons. The summed E-state index contributed by atoms with van der Waals surface area (Å²) in [5.74, 6) is 0. The Morgan fingerprint density at radius 1 is 0.488 bits per heavy atom. The summed E-state index contributed by atoms with van der Waals surface area (Å²) in [6, 6.07) is 50.4. The fraction of sp³-hybridized carbons (Fsp3) is 0. The second kappa shape index (κ2) is 9.29. The van der Waals surface area contributed by atoms with E-state index in [2.05, 4.69) is 102 Å². The van der Waals surface area contributed by atoms with Crippen molar-refractivity contribution in [2.45, 2.75) is 0 Å². The van der Waals surface area contributed by atoms with Crippen LogP contribution in [0, 0.1) is 0 Å². The van der Waals surface area contributed by atoms with E-state index in [1.54, 1.807) is 4.80 Å². The zero-order valence-corrected chi connectivity index (χ0v) is 23.1. The molecule has 2 heterocycles. The van der Waals surface area contributed by atoms with Gasteiger partial charge in [0.05, 0.1) is 5.69 Å². The zero-order chi connectivity index (χ0) is 28.3. The van der Waals surface area contributed by atoms with Gasteiger partial charge in [-0.15, -0.1) is 10.2 Å². The Hall–Kier alpha value is -5.94. The van der Waals surface area contributed by atoms with E-state index >= 15 is 0 Å². The van der Waals surface area contributed by atoms with Gasteiger partial charge in [0.1, 0.15) is 22.2 Å². The highest BCUT2D eigenvalue weighted by Crippen LogP contribution is 2.40. The first kappa shape index (κ1) is 23.7. The lowest BCUT2D eigenvalue weighted by Crippen LogP contribution is -2.09. The topological polar surface area (TPSA) is 47.1 Å². The van der Waals surface area contributed by atoms with Crippen molar-refractivity contribution in [2.75, 3.05) is 4.90 Å². The molecule has 5 nitrogen and oxygen atoms in total. The quantitative estimate of drug-likeness (QED) is 0.204. The highest BCUT2D eigenvalue weighted by molar-refractivity contribution is 6.18. The van der Waals surface area contributed by atoms with E-state index in [-0.39, 0.29) is 0 Å². The number of benzene rings is 7. The van der Waals surface area contributed by atoms with Gasteiger partial charge >= 0.3 is 0 Å². The van der Waals surface area contributed by atoms with E-state index in [1.807, 2.05) is 48.5 Å². The average Bonchev–Trinajstić information content (AvgIpc) is 3.67. The fourth-order valence-electron chi connectivity index (χ4n) is 6.21. The molecule has 0 aliphatic carbocycles. The Morgan fingerprint density at radius 3 is 2.02 bits per heavy atom. The Kier molecular flexibility index (Phi) is 5.13. The van der Waals surface area contributed by atoms with E-state index < -0.39 is 0 Å². The maximum absolute atomic E-state index is 6.27. The fourth-order valence-corrected chi connectivity index (χ4v) is 6.21. The molecule has 5 heteroatoms. The first-order chi connectivity index (χ1) is 21.3. The first-order valence-corrected chi connectivity index (χ1v) is 14.3. The van der Waals surface area contributed by atoms with E-state index in [0.29, 0.717) is 0 Å². The summed E-state index contributed by atoms with van der Waals surface area (Å²) in [7, 11) is 0. The zero-order valence-electron chi connectivity index (χ0n) is 23.1. The van der Waals surface area contributed by atoms with Gasteiger partial charge in [0, 0.05) is 39.3 Å². The van der Waals surface area contributed by atoms with Crippen LogP contribution in [0.5, 0.6) is 0 Å². The lowest BCUT2D eigenvalue weighted by molar-refractivity contribution is 0.669. The van der Waals surface area contributed by atoms with Gasteiger partial charge in [-0.25, -0.2) is 0 Å². The molecule has 9 rings (SSSR count). The van der Waals surface area contributed by atoms with Crippen molar-refractivity contribution in [1.29, 1.82) is 0 Å². The number of rotatable bonds is 4. The predicted octanol–water partition coefficient (Wildman–Crippen LogP) is 10.1. The summed E-state index contributed by atoms with van der Waals surface area (Å²) in [6.45, 7) is 0. The van der Waals surface area contributed by atoms with Gasteiger partial charge in [0.25, 0.3) is 0 Å². The number of hydrogen-bond donors (Lipinski definition) is 0. The van der Waals surface area contributed by atoms with Crippen LogP contribution in [0.3, 0.4) is 0 Å². The summed E-state index contributed by atoms with van der Waals surface area (Å²) in [4.78, 5) is 4.01. The third-order valence-corrected chi connectivity index (χ3v) is 8.21. The van der Waals surface area contributed by atoms with Gasteiger partial charge in [-0.05, 0) is 76.8 Å². The largest absolute Gasteiger partial charge is 0.456 e. The molecular formula is C38H24N4O. The van der Waals surface area contributed by atoms with Crippen LogP contribution in [0.2, 0.25) is 0 Å². The number of fused-ring (bicyclic) bond motifs is 8. The van der Waals surface area contributed by atoms with E-state index in [9.17, 15) is 0 Å². The van der Waals surface area contributed by atoms with Crippen LogP contribution in [0.15, 0.2) is 150 Å². The Labute approximate surface area is 246 Å². The van der Waals surface area contributed by atoms with Crippen molar-refractivity contribution in [3.05, 3.63) is 146 Å². The molecule has 7 aromatic carbocycles. The summed E-state index contributed by atoms with van der Waals surface area (Å²) in [5, 5.41) is 16.5. The Balaban J connectivity index is 1.23. The minimum absolute atomic E-state index is 0.871. The SMILES string of the molecule is c1ccc(N(c2ccc3c(ccc4ccc5nn(-c6ccccc6)nc5c43)c2)c2ccc3c(c2)oc2ccccc23)cc1. The van der Waals surface area contributed by atoms with E-state index in [4.69, 9.17) is 14.6 Å². The molecule has 0 N–H and O–H groups in total. The molecule has 202 valence electrons. The van der Waals surface area contributed by atoms with Crippen molar-refractivity contribution >= 4 is 71.6 Å². The molecule has 0 unspecified atom stereocenters. The van der Waals surface area contributed by atoms with Gasteiger partial charge in [-0.1, -0.05) is 78.9 Å². The molecule has 0 bridgehead atoms. The molecule has 9 aromatic rings. The molecule has 0 saturated carbocycles. The second-order valence-electron chi connectivity index (χ2n) is 10.8. The van der Waals surface area contributed by atoms with E-state index in [0.717, 1.165) is 77.3 Å². The van der Waals surface area contributed by atoms with Crippen LogP contribution < -0.4 is 4.90 Å². The summed E-state index contributed by atoms with van der Waals surface area (Å²) in [5.41, 5.74) is 7.65. The van der Waals surface area contributed by atoms with Crippen molar-refractivity contribution in [3.8, 4) is 5.69 Å². The molecule has 0 spiro atoms. The average molecular weight is 553 g/mol. The number of hydrogen-bond acceptors (Lipinski definition) is 4. The molecule has 0 aliphatic rings. The van der Waals surface area contributed by atoms with Crippen LogP contribution in [0.1, 0.15) is 0 Å². The van der Waals surface area contributed by atoms with Crippen molar-refractivity contribution in [2.24, 2.45) is 0 Å². The lowest BCUT2D eigenvalue weighted by Gasteiger charge is -2.26. The van der Waals surface area contributed by atoms with E-state index in [1.165, 1.54) is 0 Å². The van der Waals surface area contributed by atoms with Crippen molar-refractivity contribution in [1.82, 2.24) is 15.0 Å². The van der Waals surface area contributed by atoms with Crippen LogP contribution >= 0.6 is 0 Å². The summed E-state index contributed by atoms with van der Waals surface area (Å²) >= 11 is 0. The molecular weight excluding hydrogens is 528 g/mol. The highest BCUT2D eigenvalue weighted by atomic mass is 16.3. The second-order valence-corrected chi connectivity index (χ2v) is 10.8. The van der Waals surface area contributed by atoms with Gasteiger partial charge in [0.2, 0.25) is 0 Å². The third kappa shape index (κ3) is 3.79. The maximum Gasteiger partial charge on any atom is 0.137 e. The highest BCUT2D eigenvalue weighted by Gasteiger charge is 2.17. The van der Waals surface area contributed by atoms with Crippen molar-refractivity contribution in [3.63, 3.8) is 0 Å². The molecule has 0 fully saturated rings. The van der Waals surface area contributed by atoms with Crippen LogP contribution in [-0.2, 0) is 0 Å². The number of nitrogens with zero attached hydrogens (tertiary/aromatic N) is 4. The number of aromatic nitrogens is 3.